The molecular weight excluding hydrogens is 350 g/mol. The van der Waals surface area contributed by atoms with Gasteiger partial charge >= 0.3 is 5.97 Å². The molecule has 0 spiro atoms. The number of quaternary nitrogens is 1. The molecule has 0 saturated heterocycles. The number of hydrogen-bond donors (Lipinski definition) is 0. The Morgan fingerprint density at radius 1 is 1.36 bits per heavy atom. The van der Waals surface area contributed by atoms with Gasteiger partial charge in [-0.25, -0.2) is 0 Å². The van der Waals surface area contributed by atoms with Crippen LogP contribution in [0.2, 0.25) is 0 Å². The lowest BCUT2D eigenvalue weighted by molar-refractivity contribution is -0.887. The summed E-state index contributed by atoms with van der Waals surface area (Å²) in [5.74, 6) is 0.338. The van der Waals surface area contributed by atoms with Gasteiger partial charge in [0.15, 0.2) is 0 Å². The Hall–Kier alpha value is -0.520. The van der Waals surface area contributed by atoms with E-state index in [0.29, 0.717) is 11.2 Å². The van der Waals surface area contributed by atoms with E-state index in [1.807, 2.05) is 6.07 Å². The molecule has 2 atom stereocenters. The Bertz CT molecular complexity index is 496. The van der Waals surface area contributed by atoms with Gasteiger partial charge in [0, 0.05) is 4.88 Å². The summed E-state index contributed by atoms with van der Waals surface area (Å²) in [4.78, 5) is 14.0. The molecule has 25 heavy (non-hydrogen) atoms. The summed E-state index contributed by atoms with van der Waals surface area (Å²) in [5, 5.41) is 2.37. The first-order chi connectivity index (χ1) is 11.4. The van der Waals surface area contributed by atoms with Gasteiger partial charge in [-0.05, 0) is 44.1 Å². The van der Waals surface area contributed by atoms with Crippen molar-refractivity contribution in [3.8, 4) is 0 Å². The number of thiophene rings is 1. The van der Waals surface area contributed by atoms with E-state index in [1.54, 1.807) is 11.3 Å². The summed E-state index contributed by atoms with van der Waals surface area (Å²) in [6.07, 6.45) is 6.09. The molecule has 5 heteroatoms. The van der Waals surface area contributed by atoms with E-state index in [4.69, 9.17) is 4.18 Å². The summed E-state index contributed by atoms with van der Waals surface area (Å²) < 4.78 is 6.65. The topological polar surface area (TPSA) is 26.3 Å². The number of hydrogen-bond acceptors (Lipinski definition) is 4. The van der Waals surface area contributed by atoms with Gasteiger partial charge < -0.3 is 8.67 Å². The van der Waals surface area contributed by atoms with Crippen LogP contribution in [0, 0.1) is 5.92 Å². The number of rotatable bonds is 8. The third-order valence-corrected chi connectivity index (χ3v) is 6.82. The lowest BCUT2D eigenvalue weighted by Gasteiger charge is -2.31. The first kappa shape index (κ1) is 22.5. The molecule has 0 aliphatic heterocycles. The number of carbonyl (C=O) groups excluding carboxylic acids is 1. The van der Waals surface area contributed by atoms with Crippen molar-refractivity contribution in [2.75, 3.05) is 27.2 Å². The zero-order chi connectivity index (χ0) is 17.6. The Morgan fingerprint density at radius 2 is 2.04 bits per heavy atom. The fourth-order valence-corrected chi connectivity index (χ4v) is 5.25. The molecule has 0 N–H and O–H groups in total. The largest absolute Gasteiger partial charge is 0.390 e. The van der Waals surface area contributed by atoms with E-state index in [0.717, 1.165) is 30.4 Å². The minimum Gasteiger partial charge on any atom is -0.390 e. The molecule has 1 aromatic rings. The van der Waals surface area contributed by atoms with Crippen molar-refractivity contribution in [3.05, 3.63) is 22.4 Å². The van der Waals surface area contributed by atoms with Crippen LogP contribution in [0.3, 0.4) is 0 Å². The van der Waals surface area contributed by atoms with Gasteiger partial charge in [-0.2, -0.15) is 0 Å². The molecule has 144 valence electrons. The average molecular weight is 387 g/mol. The van der Waals surface area contributed by atoms with E-state index in [-0.39, 0.29) is 19.3 Å². The molecule has 2 unspecified atom stereocenters. The maximum atomic E-state index is 12.8. The predicted octanol–water partition coefficient (Wildman–Crippen LogP) is 5.72. The molecule has 1 saturated carbocycles. The highest BCUT2D eigenvalue weighted by molar-refractivity contribution is 7.95. The Labute approximate surface area is 162 Å². The molecule has 1 aromatic heterocycles. The van der Waals surface area contributed by atoms with Crippen LogP contribution in [0.1, 0.15) is 64.2 Å². The van der Waals surface area contributed by atoms with Crippen molar-refractivity contribution in [1.29, 1.82) is 0 Å². The minimum atomic E-state index is -0.0707. The van der Waals surface area contributed by atoms with Crippen molar-refractivity contribution in [1.82, 2.24) is 0 Å². The molecular formula is C20H36NO2S2+. The molecule has 1 aliphatic rings. The van der Waals surface area contributed by atoms with Crippen molar-refractivity contribution >= 4 is 29.3 Å². The second-order valence-electron chi connectivity index (χ2n) is 7.63. The minimum absolute atomic E-state index is 0. The van der Waals surface area contributed by atoms with Gasteiger partial charge in [0.1, 0.15) is 0 Å². The van der Waals surface area contributed by atoms with E-state index in [2.05, 4.69) is 39.4 Å². The van der Waals surface area contributed by atoms with Crippen LogP contribution in [0.15, 0.2) is 17.5 Å². The Morgan fingerprint density at radius 3 is 2.60 bits per heavy atom. The number of nitrogens with zero attached hydrogens (tertiary/aromatic N) is 1. The zero-order valence-corrected chi connectivity index (χ0v) is 17.1. The van der Waals surface area contributed by atoms with E-state index < -0.39 is 0 Å². The maximum Gasteiger partial charge on any atom is 0.326 e. The zero-order valence-electron chi connectivity index (χ0n) is 15.5. The SMILES string of the molecule is C.CC[N+](C)(C)CC(C)SOC(=O)C(c1cccs1)C1CCCCC1. The van der Waals surface area contributed by atoms with Crippen molar-refractivity contribution < 1.29 is 13.5 Å². The van der Waals surface area contributed by atoms with Crippen molar-refractivity contribution in [3.63, 3.8) is 0 Å². The van der Waals surface area contributed by atoms with Crippen LogP contribution in [-0.4, -0.2) is 42.9 Å². The summed E-state index contributed by atoms with van der Waals surface area (Å²) in [7, 11) is 4.44. The van der Waals surface area contributed by atoms with Crippen LogP contribution in [0.25, 0.3) is 0 Å². The van der Waals surface area contributed by atoms with E-state index >= 15 is 0 Å². The van der Waals surface area contributed by atoms with Crippen molar-refractivity contribution in [2.24, 2.45) is 5.92 Å². The first-order valence-corrected chi connectivity index (χ1v) is 10.8. The summed E-state index contributed by atoms with van der Waals surface area (Å²) >= 11 is 3.04. The van der Waals surface area contributed by atoms with Crippen LogP contribution in [0.4, 0.5) is 0 Å². The normalized spacial score (nSPS) is 18.2. The van der Waals surface area contributed by atoms with E-state index in [9.17, 15) is 4.79 Å². The highest BCUT2D eigenvalue weighted by Crippen LogP contribution is 2.39. The van der Waals surface area contributed by atoms with E-state index in [1.165, 1.54) is 36.2 Å². The Balaban J connectivity index is 0.00000312. The molecule has 2 rings (SSSR count). The summed E-state index contributed by atoms with van der Waals surface area (Å²) in [6.45, 7) is 6.42. The predicted molar refractivity (Wildman–Crippen MR) is 111 cm³/mol. The molecule has 0 aromatic carbocycles. The highest BCUT2D eigenvalue weighted by Gasteiger charge is 2.34. The standard InChI is InChI=1S/C19H32NO2S2.CH4/c1-5-20(3,4)14-15(2)24-22-19(21)18(17-12-9-13-23-17)16-10-7-6-8-11-16;/h9,12-13,15-16,18H,5-8,10-11,14H2,1-4H3;1H4/q+1;. The summed E-state index contributed by atoms with van der Waals surface area (Å²) in [5.41, 5.74) is 0. The smallest absolute Gasteiger partial charge is 0.326 e. The molecule has 3 nitrogen and oxygen atoms in total. The quantitative estimate of drug-likeness (QED) is 0.422. The van der Waals surface area contributed by atoms with Crippen molar-refractivity contribution in [2.45, 2.75) is 64.5 Å². The Kier molecular flexibility index (Phi) is 9.54. The van der Waals surface area contributed by atoms with Crippen LogP contribution in [-0.2, 0) is 8.98 Å². The second-order valence-corrected chi connectivity index (χ2v) is 9.78. The third-order valence-electron chi connectivity index (χ3n) is 5.13. The van der Waals surface area contributed by atoms with Gasteiger partial charge in [0.25, 0.3) is 0 Å². The van der Waals surface area contributed by atoms with Gasteiger partial charge in [-0.3, -0.25) is 4.79 Å². The lowest BCUT2D eigenvalue weighted by atomic mass is 9.79. The molecule has 0 bridgehead atoms. The molecule has 1 heterocycles. The van der Waals surface area contributed by atoms with Crippen LogP contribution < -0.4 is 0 Å². The summed E-state index contributed by atoms with van der Waals surface area (Å²) in [6, 6.07) is 4.14. The van der Waals surface area contributed by atoms with Crippen LogP contribution in [0.5, 0.6) is 0 Å². The molecule has 1 fully saturated rings. The second kappa shape index (κ2) is 10.6. The van der Waals surface area contributed by atoms with Gasteiger partial charge in [0.05, 0.1) is 50.4 Å². The van der Waals surface area contributed by atoms with Gasteiger partial charge in [0.2, 0.25) is 0 Å². The first-order valence-electron chi connectivity index (χ1n) is 9.15. The molecule has 0 amide bonds. The average Bonchev–Trinajstić information content (AvgIpc) is 3.08. The number of carbonyl (C=O) groups is 1. The maximum absolute atomic E-state index is 12.8. The fraction of sp³-hybridized carbons (Fsp3) is 0.750. The van der Waals surface area contributed by atoms with Crippen LogP contribution >= 0.6 is 23.4 Å². The lowest BCUT2D eigenvalue weighted by Crippen LogP contribution is -2.43. The van der Waals surface area contributed by atoms with Gasteiger partial charge in [-0.15, -0.1) is 11.3 Å². The fourth-order valence-electron chi connectivity index (χ4n) is 3.51. The molecule has 1 aliphatic carbocycles. The third kappa shape index (κ3) is 6.95. The van der Waals surface area contributed by atoms with Gasteiger partial charge in [-0.1, -0.05) is 32.8 Å². The monoisotopic (exact) mass is 386 g/mol. The highest BCUT2D eigenvalue weighted by atomic mass is 32.2. The molecule has 0 radical (unpaired) electrons.